The van der Waals surface area contributed by atoms with Crippen molar-refractivity contribution < 1.29 is 0 Å². The van der Waals surface area contributed by atoms with Gasteiger partial charge in [-0.25, -0.2) is 4.98 Å². The molecule has 3 rings (SSSR count). The molecular formula is C12H16ClN3S. The molecule has 0 aliphatic carbocycles. The molecule has 0 radical (unpaired) electrons. The lowest BCUT2D eigenvalue weighted by atomic mass is 10.2. The van der Waals surface area contributed by atoms with Gasteiger partial charge in [0.1, 0.15) is 0 Å². The second-order valence-electron chi connectivity index (χ2n) is 4.19. The number of hydrogen-bond donors (Lipinski definition) is 1. The third kappa shape index (κ3) is 2.25. The predicted octanol–water partition coefficient (Wildman–Crippen LogP) is 2.65. The number of para-hydroxylation sites is 1. The predicted molar refractivity (Wildman–Crippen MR) is 76.3 cm³/mol. The minimum Gasteiger partial charge on any atom is -0.344 e. The molecule has 0 amide bonds. The Morgan fingerprint density at radius 1 is 1.41 bits per heavy atom. The van der Waals surface area contributed by atoms with Crippen LogP contribution in [0.3, 0.4) is 0 Å². The molecule has 0 saturated carbocycles. The fourth-order valence-electron chi connectivity index (χ4n) is 2.32. The highest BCUT2D eigenvalue weighted by molar-refractivity contribution is 7.22. The highest BCUT2D eigenvalue weighted by Crippen LogP contribution is 2.32. The molecule has 2 heterocycles. The first-order valence-electron chi connectivity index (χ1n) is 5.71. The monoisotopic (exact) mass is 269 g/mol. The Hall–Kier alpha value is -0.840. The first-order chi connectivity index (χ1) is 7.88. The van der Waals surface area contributed by atoms with E-state index in [2.05, 4.69) is 28.1 Å². The van der Waals surface area contributed by atoms with Gasteiger partial charge in [0.25, 0.3) is 0 Å². The Kier molecular flexibility index (Phi) is 3.86. The first kappa shape index (κ1) is 12.6. The third-order valence-corrected chi connectivity index (χ3v) is 4.25. The van der Waals surface area contributed by atoms with E-state index in [-0.39, 0.29) is 12.4 Å². The Labute approximate surface area is 111 Å². The fraction of sp³-hybridized carbons (Fsp3) is 0.417. The minimum atomic E-state index is 0. The standard InChI is InChI=1S/C12H15N3S.ClH/c13-8-9-4-3-7-15(9)12-14-10-5-1-2-6-11(10)16-12;/h1-2,5-6,9H,3-4,7-8,13H2;1H. The molecule has 17 heavy (non-hydrogen) atoms. The summed E-state index contributed by atoms with van der Waals surface area (Å²) in [4.78, 5) is 7.05. The number of halogens is 1. The number of hydrogen-bond acceptors (Lipinski definition) is 4. The number of nitrogens with two attached hydrogens (primary N) is 1. The maximum absolute atomic E-state index is 5.79. The number of aromatic nitrogens is 1. The van der Waals surface area contributed by atoms with E-state index in [4.69, 9.17) is 5.73 Å². The van der Waals surface area contributed by atoms with E-state index in [1.165, 1.54) is 17.5 Å². The van der Waals surface area contributed by atoms with Crippen LogP contribution in [-0.2, 0) is 0 Å². The molecule has 3 nitrogen and oxygen atoms in total. The second kappa shape index (κ2) is 5.21. The quantitative estimate of drug-likeness (QED) is 0.911. The van der Waals surface area contributed by atoms with Gasteiger partial charge in [0.15, 0.2) is 5.13 Å². The van der Waals surface area contributed by atoms with Gasteiger partial charge < -0.3 is 10.6 Å². The molecule has 1 aromatic heterocycles. The molecule has 2 N–H and O–H groups in total. The Morgan fingerprint density at radius 2 is 2.24 bits per heavy atom. The molecule has 1 fully saturated rings. The van der Waals surface area contributed by atoms with Gasteiger partial charge in [-0.3, -0.25) is 0 Å². The molecule has 1 atom stereocenters. The number of fused-ring (bicyclic) bond motifs is 1. The van der Waals surface area contributed by atoms with Crippen molar-refractivity contribution in [2.24, 2.45) is 5.73 Å². The molecular weight excluding hydrogens is 254 g/mol. The zero-order chi connectivity index (χ0) is 11.0. The van der Waals surface area contributed by atoms with E-state index < -0.39 is 0 Å². The molecule has 1 aliphatic heterocycles. The van der Waals surface area contributed by atoms with Crippen LogP contribution >= 0.6 is 23.7 Å². The molecule has 1 saturated heterocycles. The van der Waals surface area contributed by atoms with Crippen LogP contribution in [0.2, 0.25) is 0 Å². The zero-order valence-electron chi connectivity index (χ0n) is 9.50. The molecule has 1 unspecified atom stereocenters. The van der Waals surface area contributed by atoms with Gasteiger partial charge in [0, 0.05) is 19.1 Å². The number of thiazole rings is 1. The van der Waals surface area contributed by atoms with Crippen molar-refractivity contribution in [2.45, 2.75) is 18.9 Å². The highest BCUT2D eigenvalue weighted by atomic mass is 35.5. The van der Waals surface area contributed by atoms with Crippen LogP contribution < -0.4 is 10.6 Å². The molecule has 1 aromatic carbocycles. The van der Waals surface area contributed by atoms with E-state index in [1.54, 1.807) is 11.3 Å². The summed E-state index contributed by atoms with van der Waals surface area (Å²) >= 11 is 1.77. The molecule has 1 aliphatic rings. The van der Waals surface area contributed by atoms with Gasteiger partial charge in [0.05, 0.1) is 10.2 Å². The average Bonchev–Trinajstić information content (AvgIpc) is 2.94. The van der Waals surface area contributed by atoms with E-state index in [0.717, 1.165) is 23.7 Å². The Morgan fingerprint density at radius 3 is 3.00 bits per heavy atom. The van der Waals surface area contributed by atoms with Crippen molar-refractivity contribution >= 4 is 39.1 Å². The van der Waals surface area contributed by atoms with Gasteiger partial charge in [-0.1, -0.05) is 23.5 Å². The summed E-state index contributed by atoms with van der Waals surface area (Å²) < 4.78 is 1.26. The maximum atomic E-state index is 5.79. The summed E-state index contributed by atoms with van der Waals surface area (Å²) in [5.41, 5.74) is 6.89. The average molecular weight is 270 g/mol. The van der Waals surface area contributed by atoms with Crippen molar-refractivity contribution in [3.8, 4) is 0 Å². The van der Waals surface area contributed by atoms with E-state index in [9.17, 15) is 0 Å². The van der Waals surface area contributed by atoms with Crippen LogP contribution in [0.1, 0.15) is 12.8 Å². The summed E-state index contributed by atoms with van der Waals surface area (Å²) in [6, 6.07) is 8.79. The van der Waals surface area contributed by atoms with Crippen molar-refractivity contribution in [1.82, 2.24) is 4.98 Å². The van der Waals surface area contributed by atoms with E-state index >= 15 is 0 Å². The second-order valence-corrected chi connectivity index (χ2v) is 5.20. The van der Waals surface area contributed by atoms with Crippen LogP contribution in [0.25, 0.3) is 10.2 Å². The van der Waals surface area contributed by atoms with Crippen molar-refractivity contribution in [3.05, 3.63) is 24.3 Å². The largest absolute Gasteiger partial charge is 0.344 e. The van der Waals surface area contributed by atoms with Gasteiger partial charge >= 0.3 is 0 Å². The maximum Gasteiger partial charge on any atom is 0.186 e. The number of nitrogens with zero attached hydrogens (tertiary/aromatic N) is 2. The number of benzene rings is 1. The minimum absolute atomic E-state index is 0. The summed E-state index contributed by atoms with van der Waals surface area (Å²) in [6.45, 7) is 1.83. The van der Waals surface area contributed by atoms with Gasteiger partial charge in [-0.15, -0.1) is 12.4 Å². The Balaban J connectivity index is 0.00000108. The van der Waals surface area contributed by atoms with Crippen LogP contribution in [0.4, 0.5) is 5.13 Å². The summed E-state index contributed by atoms with van der Waals surface area (Å²) in [5.74, 6) is 0. The summed E-state index contributed by atoms with van der Waals surface area (Å²) in [5, 5.41) is 1.13. The normalized spacial score (nSPS) is 19.6. The molecule has 5 heteroatoms. The SMILES string of the molecule is Cl.NCC1CCCN1c1nc2ccccc2s1. The van der Waals surface area contributed by atoms with E-state index in [1.807, 2.05) is 6.07 Å². The first-order valence-corrected chi connectivity index (χ1v) is 6.52. The molecule has 0 spiro atoms. The zero-order valence-corrected chi connectivity index (χ0v) is 11.1. The number of rotatable bonds is 2. The lowest BCUT2D eigenvalue weighted by Gasteiger charge is -2.22. The summed E-state index contributed by atoms with van der Waals surface area (Å²) in [6.07, 6.45) is 2.43. The summed E-state index contributed by atoms with van der Waals surface area (Å²) in [7, 11) is 0. The van der Waals surface area contributed by atoms with Gasteiger partial charge in [0.2, 0.25) is 0 Å². The molecule has 92 valence electrons. The highest BCUT2D eigenvalue weighted by Gasteiger charge is 2.25. The topological polar surface area (TPSA) is 42.1 Å². The van der Waals surface area contributed by atoms with Gasteiger partial charge in [-0.05, 0) is 25.0 Å². The van der Waals surface area contributed by atoms with Crippen LogP contribution in [0.5, 0.6) is 0 Å². The van der Waals surface area contributed by atoms with Crippen molar-refractivity contribution in [2.75, 3.05) is 18.0 Å². The van der Waals surface area contributed by atoms with Crippen molar-refractivity contribution in [1.29, 1.82) is 0 Å². The fourth-order valence-corrected chi connectivity index (χ4v) is 3.38. The third-order valence-electron chi connectivity index (χ3n) is 3.18. The van der Waals surface area contributed by atoms with Crippen LogP contribution in [-0.4, -0.2) is 24.1 Å². The van der Waals surface area contributed by atoms with Crippen LogP contribution in [0.15, 0.2) is 24.3 Å². The smallest absolute Gasteiger partial charge is 0.186 e. The van der Waals surface area contributed by atoms with Crippen molar-refractivity contribution in [3.63, 3.8) is 0 Å². The van der Waals surface area contributed by atoms with E-state index in [0.29, 0.717) is 6.04 Å². The lowest BCUT2D eigenvalue weighted by Crippen LogP contribution is -2.35. The molecule has 2 aromatic rings. The molecule has 0 bridgehead atoms. The van der Waals surface area contributed by atoms with Gasteiger partial charge in [-0.2, -0.15) is 0 Å². The van der Waals surface area contributed by atoms with Crippen LogP contribution in [0, 0.1) is 0 Å². The lowest BCUT2D eigenvalue weighted by molar-refractivity contribution is 0.676. The number of anilines is 1. The Bertz CT molecular complexity index is 466.